The Morgan fingerprint density at radius 2 is 1.91 bits per heavy atom. The third-order valence-corrected chi connectivity index (χ3v) is 6.97. The van der Waals surface area contributed by atoms with Gasteiger partial charge in [-0.1, -0.05) is 36.0 Å². The Hall–Kier alpha value is -3.45. The van der Waals surface area contributed by atoms with E-state index in [1.165, 1.54) is 29.3 Å². The summed E-state index contributed by atoms with van der Waals surface area (Å²) in [6.45, 7) is 3.95. The predicted molar refractivity (Wildman–Crippen MR) is 132 cm³/mol. The van der Waals surface area contributed by atoms with Crippen LogP contribution in [-0.2, 0) is 17.6 Å². The summed E-state index contributed by atoms with van der Waals surface area (Å²) in [5.74, 6) is 0.645. The molecule has 0 fully saturated rings. The van der Waals surface area contributed by atoms with Crippen molar-refractivity contribution in [3.05, 3.63) is 83.7 Å². The van der Waals surface area contributed by atoms with Gasteiger partial charge in [-0.15, -0.1) is 10.2 Å². The summed E-state index contributed by atoms with van der Waals surface area (Å²) in [6, 6.07) is 18.2. The molecule has 2 aromatic heterocycles. The van der Waals surface area contributed by atoms with Crippen molar-refractivity contribution in [1.29, 1.82) is 0 Å². The van der Waals surface area contributed by atoms with Crippen LogP contribution in [0.3, 0.4) is 0 Å². The standard InChI is InChI=1S/C26H25N5OS/c1-17-7-3-4-11-23(17)31-24(21-10-6-14-27-16-21)29-30-26(31)33-18(2)25(32)28-22-13-12-19-8-5-9-20(19)15-22/h3-4,6-7,10-16,18H,5,8-9H2,1-2H3,(H,28,32). The van der Waals surface area contributed by atoms with E-state index >= 15 is 0 Å². The van der Waals surface area contributed by atoms with E-state index in [0.29, 0.717) is 11.0 Å². The van der Waals surface area contributed by atoms with Gasteiger partial charge in [0.1, 0.15) is 0 Å². The molecule has 0 saturated carbocycles. The van der Waals surface area contributed by atoms with Gasteiger partial charge in [-0.05, 0) is 80.1 Å². The van der Waals surface area contributed by atoms with Gasteiger partial charge in [-0.25, -0.2) is 0 Å². The van der Waals surface area contributed by atoms with Gasteiger partial charge < -0.3 is 5.32 Å². The highest BCUT2D eigenvalue weighted by atomic mass is 32.2. The fourth-order valence-corrected chi connectivity index (χ4v) is 5.03. The fraction of sp³-hybridized carbons (Fsp3) is 0.231. The highest BCUT2D eigenvalue weighted by Gasteiger charge is 2.23. The maximum Gasteiger partial charge on any atom is 0.237 e. The van der Waals surface area contributed by atoms with Crippen LogP contribution in [0.1, 0.15) is 30.0 Å². The third kappa shape index (κ3) is 4.41. The molecule has 4 aromatic rings. The Morgan fingerprint density at radius 1 is 1.06 bits per heavy atom. The number of carbonyl (C=O) groups is 1. The molecule has 0 spiro atoms. The molecular weight excluding hydrogens is 430 g/mol. The lowest BCUT2D eigenvalue weighted by atomic mass is 10.1. The number of hydrogen-bond acceptors (Lipinski definition) is 5. The van der Waals surface area contributed by atoms with E-state index in [0.717, 1.165) is 35.3 Å². The molecule has 5 rings (SSSR count). The van der Waals surface area contributed by atoms with Crippen LogP contribution in [0.25, 0.3) is 17.1 Å². The number of nitrogens with zero attached hydrogens (tertiary/aromatic N) is 4. The molecule has 1 N–H and O–H groups in total. The number of thioether (sulfide) groups is 1. The number of amides is 1. The molecule has 33 heavy (non-hydrogen) atoms. The van der Waals surface area contributed by atoms with E-state index in [-0.39, 0.29) is 11.2 Å². The molecule has 2 heterocycles. The molecule has 1 aliphatic rings. The number of hydrogen-bond donors (Lipinski definition) is 1. The van der Waals surface area contributed by atoms with Crippen molar-refractivity contribution in [2.75, 3.05) is 5.32 Å². The van der Waals surface area contributed by atoms with E-state index in [4.69, 9.17) is 0 Å². The van der Waals surface area contributed by atoms with E-state index < -0.39 is 0 Å². The maximum absolute atomic E-state index is 13.0. The first-order valence-electron chi connectivity index (χ1n) is 11.1. The zero-order chi connectivity index (χ0) is 22.8. The molecule has 0 saturated heterocycles. The molecule has 0 aliphatic heterocycles. The summed E-state index contributed by atoms with van der Waals surface area (Å²) in [5.41, 5.74) is 6.53. The Balaban J connectivity index is 1.42. The molecule has 0 bridgehead atoms. The first-order chi connectivity index (χ1) is 16.1. The van der Waals surface area contributed by atoms with Gasteiger partial charge in [-0.2, -0.15) is 0 Å². The number of aromatic nitrogens is 4. The van der Waals surface area contributed by atoms with Gasteiger partial charge in [0.25, 0.3) is 0 Å². The summed E-state index contributed by atoms with van der Waals surface area (Å²) in [4.78, 5) is 17.2. The smallest absolute Gasteiger partial charge is 0.237 e. The fourth-order valence-electron chi connectivity index (χ4n) is 4.16. The highest BCUT2D eigenvalue weighted by Crippen LogP contribution is 2.32. The summed E-state index contributed by atoms with van der Waals surface area (Å²) in [7, 11) is 0. The first-order valence-corrected chi connectivity index (χ1v) is 12.0. The Labute approximate surface area is 197 Å². The number of carbonyl (C=O) groups excluding carboxylic acids is 1. The van der Waals surface area contributed by atoms with Crippen LogP contribution in [0.2, 0.25) is 0 Å². The molecule has 6 nitrogen and oxygen atoms in total. The van der Waals surface area contributed by atoms with Gasteiger partial charge in [0.05, 0.1) is 10.9 Å². The number of rotatable bonds is 6. The quantitative estimate of drug-likeness (QED) is 0.402. The molecule has 1 atom stereocenters. The average Bonchev–Trinajstić information content (AvgIpc) is 3.46. The molecule has 1 unspecified atom stereocenters. The molecule has 166 valence electrons. The lowest BCUT2D eigenvalue weighted by Gasteiger charge is -2.15. The number of benzene rings is 2. The molecule has 0 radical (unpaired) electrons. The summed E-state index contributed by atoms with van der Waals surface area (Å²) >= 11 is 1.40. The van der Waals surface area contributed by atoms with Gasteiger partial charge in [0.2, 0.25) is 5.91 Å². The van der Waals surface area contributed by atoms with Crippen LogP contribution in [0.4, 0.5) is 5.69 Å². The van der Waals surface area contributed by atoms with Crippen molar-refractivity contribution in [3.8, 4) is 17.1 Å². The summed E-state index contributed by atoms with van der Waals surface area (Å²) < 4.78 is 2.01. The van der Waals surface area contributed by atoms with E-state index in [1.54, 1.807) is 12.4 Å². The van der Waals surface area contributed by atoms with Crippen LogP contribution < -0.4 is 5.32 Å². The molecule has 2 aromatic carbocycles. The second-order valence-electron chi connectivity index (χ2n) is 8.26. The Bertz CT molecular complexity index is 1300. The Kier molecular flexibility index (Phi) is 5.96. The van der Waals surface area contributed by atoms with Crippen molar-refractivity contribution in [2.45, 2.75) is 43.5 Å². The van der Waals surface area contributed by atoms with E-state index in [2.05, 4.69) is 45.6 Å². The largest absolute Gasteiger partial charge is 0.325 e. The van der Waals surface area contributed by atoms with Crippen molar-refractivity contribution in [1.82, 2.24) is 19.7 Å². The van der Waals surface area contributed by atoms with Gasteiger partial charge >= 0.3 is 0 Å². The number of aryl methyl sites for hydroxylation is 3. The van der Waals surface area contributed by atoms with Crippen molar-refractivity contribution in [2.24, 2.45) is 0 Å². The van der Waals surface area contributed by atoms with Crippen molar-refractivity contribution < 1.29 is 4.79 Å². The number of anilines is 1. The minimum atomic E-state index is -0.355. The molecule has 1 amide bonds. The Morgan fingerprint density at radius 3 is 2.73 bits per heavy atom. The average molecular weight is 456 g/mol. The van der Waals surface area contributed by atoms with Crippen molar-refractivity contribution in [3.63, 3.8) is 0 Å². The van der Waals surface area contributed by atoms with Crippen molar-refractivity contribution >= 4 is 23.4 Å². The second kappa shape index (κ2) is 9.19. The number of pyridine rings is 1. The highest BCUT2D eigenvalue weighted by molar-refractivity contribution is 8.00. The summed E-state index contributed by atoms with van der Waals surface area (Å²) in [6.07, 6.45) is 6.91. The minimum absolute atomic E-state index is 0.0554. The zero-order valence-corrected chi connectivity index (χ0v) is 19.5. The lowest BCUT2D eigenvalue weighted by Crippen LogP contribution is -2.23. The third-order valence-electron chi connectivity index (χ3n) is 5.93. The van der Waals surface area contributed by atoms with Gasteiger partial charge in [0, 0.05) is 23.6 Å². The monoisotopic (exact) mass is 455 g/mol. The number of fused-ring (bicyclic) bond motifs is 1. The van der Waals surface area contributed by atoms with Crippen LogP contribution in [0.5, 0.6) is 0 Å². The SMILES string of the molecule is Cc1ccccc1-n1c(SC(C)C(=O)Nc2ccc3c(c2)CCC3)nnc1-c1cccnc1. The molecular formula is C26H25N5OS. The van der Waals surface area contributed by atoms with Gasteiger partial charge in [0.15, 0.2) is 11.0 Å². The molecule has 7 heteroatoms. The normalized spacial score (nSPS) is 13.5. The lowest BCUT2D eigenvalue weighted by molar-refractivity contribution is -0.115. The number of para-hydroxylation sites is 1. The first kappa shape index (κ1) is 21.4. The topological polar surface area (TPSA) is 72.7 Å². The van der Waals surface area contributed by atoms with Gasteiger partial charge in [-0.3, -0.25) is 14.3 Å². The summed E-state index contributed by atoms with van der Waals surface area (Å²) in [5, 5.41) is 12.3. The van der Waals surface area contributed by atoms with Crippen LogP contribution in [0.15, 0.2) is 72.1 Å². The van der Waals surface area contributed by atoms with E-state index in [1.807, 2.05) is 47.9 Å². The number of nitrogens with one attached hydrogen (secondary N) is 1. The van der Waals surface area contributed by atoms with E-state index in [9.17, 15) is 4.79 Å². The molecule has 1 aliphatic carbocycles. The maximum atomic E-state index is 13.0. The van der Waals surface area contributed by atoms with Crippen LogP contribution in [-0.4, -0.2) is 30.9 Å². The minimum Gasteiger partial charge on any atom is -0.325 e. The zero-order valence-electron chi connectivity index (χ0n) is 18.7. The second-order valence-corrected chi connectivity index (χ2v) is 9.56. The van der Waals surface area contributed by atoms with Crippen LogP contribution in [0, 0.1) is 6.92 Å². The van der Waals surface area contributed by atoms with Crippen LogP contribution >= 0.6 is 11.8 Å². The predicted octanol–water partition coefficient (Wildman–Crippen LogP) is 5.25.